The van der Waals surface area contributed by atoms with E-state index in [1.807, 2.05) is 37.3 Å². The first-order valence-corrected chi connectivity index (χ1v) is 11.4. The fraction of sp³-hybridized carbons (Fsp3) is 0.500. The van der Waals surface area contributed by atoms with Crippen LogP contribution >= 0.6 is 0 Å². The maximum absolute atomic E-state index is 13.1. The fourth-order valence-corrected chi connectivity index (χ4v) is 6.17. The SMILES string of the molecule is Cc1ccccc1C1=CCN(S(=O)(=O)CC2(C(=O)NO)CCN(C(=O)O)CC2)CC1. The zero-order valence-corrected chi connectivity index (χ0v) is 17.7. The topological polar surface area (TPSA) is 127 Å². The van der Waals surface area contributed by atoms with Crippen molar-refractivity contribution in [1.29, 1.82) is 0 Å². The molecule has 2 heterocycles. The number of carbonyl (C=O) groups is 2. The van der Waals surface area contributed by atoms with E-state index in [0.717, 1.165) is 21.6 Å². The number of aryl methyl sites for hydroxylation is 1. The number of carboxylic acid groups (broad SMARTS) is 1. The van der Waals surface area contributed by atoms with Gasteiger partial charge in [0.2, 0.25) is 10.0 Å². The summed E-state index contributed by atoms with van der Waals surface area (Å²) in [5.41, 5.74) is 3.55. The summed E-state index contributed by atoms with van der Waals surface area (Å²) in [5.74, 6) is -1.25. The first-order chi connectivity index (χ1) is 14.2. The largest absolute Gasteiger partial charge is 0.465 e. The van der Waals surface area contributed by atoms with Gasteiger partial charge in [-0.15, -0.1) is 0 Å². The summed E-state index contributed by atoms with van der Waals surface area (Å²) in [5, 5.41) is 18.3. The Morgan fingerprint density at radius 2 is 1.83 bits per heavy atom. The summed E-state index contributed by atoms with van der Waals surface area (Å²) in [6, 6.07) is 7.94. The molecule has 2 aliphatic rings. The van der Waals surface area contributed by atoms with Crippen molar-refractivity contribution >= 4 is 27.6 Å². The Hall–Kier alpha value is -2.43. The lowest BCUT2D eigenvalue weighted by Crippen LogP contribution is -2.54. The number of hydroxylamine groups is 1. The van der Waals surface area contributed by atoms with Gasteiger partial charge in [0.1, 0.15) is 0 Å². The third-order valence-corrected chi connectivity index (χ3v) is 8.13. The van der Waals surface area contributed by atoms with Gasteiger partial charge in [-0.05, 0) is 42.9 Å². The normalized spacial score (nSPS) is 19.8. The average molecular weight is 438 g/mol. The highest BCUT2D eigenvalue weighted by atomic mass is 32.2. The van der Waals surface area contributed by atoms with Crippen LogP contribution in [0.15, 0.2) is 30.3 Å². The molecule has 2 aliphatic heterocycles. The van der Waals surface area contributed by atoms with Crippen molar-refractivity contribution in [2.24, 2.45) is 5.41 Å². The molecule has 0 aromatic heterocycles. The van der Waals surface area contributed by atoms with E-state index in [1.54, 1.807) is 5.48 Å². The highest BCUT2D eigenvalue weighted by Gasteiger charge is 2.47. The Balaban J connectivity index is 1.75. The van der Waals surface area contributed by atoms with Gasteiger partial charge in [-0.1, -0.05) is 30.3 Å². The standard InChI is InChI=1S/C20H27N3O6S/c1-15-4-2-3-5-17(15)16-6-10-23(11-7-16)30(28,29)14-20(18(24)21-27)8-12-22(13-9-20)19(25)26/h2-6,27H,7-14H2,1H3,(H,21,24)(H,25,26). The number of sulfonamides is 1. The second kappa shape index (κ2) is 8.75. The molecule has 2 amide bonds. The number of hydrogen-bond acceptors (Lipinski definition) is 5. The van der Waals surface area contributed by atoms with E-state index in [0.29, 0.717) is 13.0 Å². The number of hydrogen-bond donors (Lipinski definition) is 3. The third kappa shape index (κ3) is 4.50. The van der Waals surface area contributed by atoms with Crippen molar-refractivity contribution in [1.82, 2.24) is 14.7 Å². The highest BCUT2D eigenvalue weighted by molar-refractivity contribution is 7.89. The average Bonchev–Trinajstić information content (AvgIpc) is 2.73. The summed E-state index contributed by atoms with van der Waals surface area (Å²) in [6.45, 7) is 2.61. The predicted octanol–water partition coefficient (Wildman–Crippen LogP) is 1.68. The van der Waals surface area contributed by atoms with Gasteiger partial charge in [0, 0.05) is 26.2 Å². The highest BCUT2D eigenvalue weighted by Crippen LogP contribution is 2.35. The van der Waals surface area contributed by atoms with Gasteiger partial charge in [-0.3, -0.25) is 10.0 Å². The van der Waals surface area contributed by atoms with E-state index in [9.17, 15) is 23.2 Å². The maximum Gasteiger partial charge on any atom is 0.407 e. The van der Waals surface area contributed by atoms with Crippen LogP contribution in [0.25, 0.3) is 5.57 Å². The summed E-state index contributed by atoms with van der Waals surface area (Å²) in [6.07, 6.45) is 1.41. The number of rotatable bonds is 5. The molecule has 3 N–H and O–H groups in total. The van der Waals surface area contributed by atoms with Gasteiger partial charge in [-0.2, -0.15) is 4.31 Å². The molecular weight excluding hydrogens is 410 g/mol. The molecular formula is C20H27N3O6S. The number of nitrogens with one attached hydrogen (secondary N) is 1. The van der Waals surface area contributed by atoms with E-state index in [-0.39, 0.29) is 32.5 Å². The molecule has 0 atom stereocenters. The minimum atomic E-state index is -3.80. The quantitative estimate of drug-likeness (QED) is 0.475. The molecule has 1 saturated heterocycles. The molecule has 9 nitrogen and oxygen atoms in total. The Bertz CT molecular complexity index is 951. The zero-order valence-electron chi connectivity index (χ0n) is 16.9. The Kier molecular flexibility index (Phi) is 6.49. The molecule has 0 radical (unpaired) electrons. The van der Waals surface area contributed by atoms with E-state index in [1.165, 1.54) is 4.31 Å². The van der Waals surface area contributed by atoms with Crippen LogP contribution in [0.2, 0.25) is 0 Å². The monoisotopic (exact) mass is 437 g/mol. The van der Waals surface area contributed by atoms with E-state index < -0.39 is 33.2 Å². The van der Waals surface area contributed by atoms with Gasteiger partial charge in [0.05, 0.1) is 11.2 Å². The molecule has 0 saturated carbocycles. The second-order valence-electron chi connectivity index (χ2n) is 7.90. The van der Waals surface area contributed by atoms with Gasteiger partial charge >= 0.3 is 6.09 Å². The van der Waals surface area contributed by atoms with Crippen LogP contribution in [0.5, 0.6) is 0 Å². The van der Waals surface area contributed by atoms with E-state index in [2.05, 4.69) is 0 Å². The first-order valence-electron chi connectivity index (χ1n) is 9.84. The summed E-state index contributed by atoms with van der Waals surface area (Å²) < 4.78 is 27.6. The summed E-state index contributed by atoms with van der Waals surface area (Å²) in [4.78, 5) is 24.7. The molecule has 0 spiro atoms. The lowest BCUT2D eigenvalue weighted by Gasteiger charge is -2.40. The Morgan fingerprint density at radius 3 is 2.37 bits per heavy atom. The van der Waals surface area contributed by atoms with Gasteiger partial charge in [-0.25, -0.2) is 18.7 Å². The number of nitrogens with zero attached hydrogens (tertiary/aromatic N) is 2. The number of benzene rings is 1. The molecule has 1 aromatic carbocycles. The zero-order chi connectivity index (χ0) is 21.9. The lowest BCUT2D eigenvalue weighted by molar-refractivity contribution is -0.141. The fourth-order valence-electron chi connectivity index (χ4n) is 4.20. The summed E-state index contributed by atoms with van der Waals surface area (Å²) >= 11 is 0. The van der Waals surface area contributed by atoms with E-state index in [4.69, 9.17) is 5.11 Å². The van der Waals surface area contributed by atoms with Crippen LogP contribution in [-0.2, 0) is 14.8 Å². The van der Waals surface area contributed by atoms with Crippen molar-refractivity contribution < 1.29 is 28.3 Å². The minimum absolute atomic E-state index is 0.0308. The number of amides is 2. The van der Waals surface area contributed by atoms with Crippen LogP contribution in [0.4, 0.5) is 4.79 Å². The van der Waals surface area contributed by atoms with Crippen molar-refractivity contribution in [2.75, 3.05) is 31.9 Å². The third-order valence-electron chi connectivity index (χ3n) is 6.09. The van der Waals surface area contributed by atoms with Crippen molar-refractivity contribution in [3.05, 3.63) is 41.5 Å². The molecule has 3 rings (SSSR count). The predicted molar refractivity (Wildman–Crippen MR) is 110 cm³/mol. The Labute approximate surface area is 176 Å². The molecule has 0 bridgehead atoms. The number of likely N-dealkylation sites (tertiary alicyclic amines) is 1. The van der Waals surface area contributed by atoms with Crippen LogP contribution < -0.4 is 5.48 Å². The molecule has 10 heteroatoms. The second-order valence-corrected chi connectivity index (χ2v) is 9.87. The number of piperidine rings is 1. The molecule has 164 valence electrons. The molecule has 1 fully saturated rings. The molecule has 0 aliphatic carbocycles. The molecule has 0 unspecified atom stereocenters. The maximum atomic E-state index is 13.1. The summed E-state index contributed by atoms with van der Waals surface area (Å²) in [7, 11) is -3.80. The van der Waals surface area contributed by atoms with Crippen LogP contribution in [0.1, 0.15) is 30.4 Å². The smallest absolute Gasteiger partial charge is 0.407 e. The van der Waals surface area contributed by atoms with Crippen molar-refractivity contribution in [3.8, 4) is 0 Å². The van der Waals surface area contributed by atoms with Crippen LogP contribution in [0, 0.1) is 12.3 Å². The van der Waals surface area contributed by atoms with Gasteiger partial charge < -0.3 is 10.0 Å². The Morgan fingerprint density at radius 1 is 1.17 bits per heavy atom. The van der Waals surface area contributed by atoms with Gasteiger partial charge in [0.25, 0.3) is 5.91 Å². The lowest BCUT2D eigenvalue weighted by atomic mass is 9.79. The molecule has 1 aromatic rings. The molecule has 30 heavy (non-hydrogen) atoms. The minimum Gasteiger partial charge on any atom is -0.465 e. The number of carbonyl (C=O) groups excluding carboxylic acids is 1. The van der Waals surface area contributed by atoms with Crippen LogP contribution in [-0.4, -0.2) is 71.9 Å². The van der Waals surface area contributed by atoms with Crippen molar-refractivity contribution in [2.45, 2.75) is 26.2 Å². The first kappa shape index (κ1) is 22.3. The van der Waals surface area contributed by atoms with Gasteiger partial charge in [0.15, 0.2) is 0 Å². The van der Waals surface area contributed by atoms with E-state index >= 15 is 0 Å². The van der Waals surface area contributed by atoms with Crippen LogP contribution in [0.3, 0.4) is 0 Å². The van der Waals surface area contributed by atoms with Crippen molar-refractivity contribution in [3.63, 3.8) is 0 Å².